The van der Waals surface area contributed by atoms with Crippen LogP contribution < -0.4 is 5.32 Å². The van der Waals surface area contributed by atoms with E-state index in [-0.39, 0.29) is 17.2 Å². The molecule has 2 aliphatic rings. The van der Waals surface area contributed by atoms with Crippen LogP contribution in [-0.4, -0.2) is 48.7 Å². The number of nitrogens with one attached hydrogen (secondary N) is 1. The second-order valence-corrected chi connectivity index (χ2v) is 9.25. The topological polar surface area (TPSA) is 95.7 Å². The van der Waals surface area contributed by atoms with Crippen molar-refractivity contribution in [3.63, 3.8) is 0 Å². The maximum atomic E-state index is 12.8. The van der Waals surface area contributed by atoms with Gasteiger partial charge in [-0.3, -0.25) is 4.79 Å². The summed E-state index contributed by atoms with van der Waals surface area (Å²) in [6, 6.07) is -0.817. The number of hydrogen-bond acceptors (Lipinski definition) is 6. The Bertz CT molecular complexity index is 714. The van der Waals surface area contributed by atoms with Crippen LogP contribution in [-0.2, 0) is 9.59 Å². The van der Waals surface area contributed by atoms with Crippen LogP contribution in [0.25, 0.3) is 0 Å². The fraction of sp³-hybridized carbons (Fsp3) is 0.688. The van der Waals surface area contributed by atoms with Crippen molar-refractivity contribution >= 4 is 29.3 Å². The Kier molecular flexibility index (Phi) is 3.67. The minimum atomic E-state index is -0.963. The molecule has 2 aliphatic heterocycles. The SMILES string of the molecule is Cc1noc(C(C)C)c1N[C@@]1(C)C(=O)N2[C@@H](C(=O)O)C(C)(C)S[C@@H]21. The van der Waals surface area contributed by atoms with Crippen LogP contribution >= 0.6 is 11.8 Å². The summed E-state index contributed by atoms with van der Waals surface area (Å²) in [4.78, 5) is 25.9. The number of aliphatic carboxylic acids is 1. The molecular weight excluding hydrogens is 330 g/mol. The van der Waals surface area contributed by atoms with E-state index in [2.05, 4.69) is 10.5 Å². The molecule has 0 saturated carbocycles. The number of hydrogen-bond donors (Lipinski definition) is 2. The smallest absolute Gasteiger partial charge is 0.327 e. The monoisotopic (exact) mass is 353 g/mol. The molecule has 7 nitrogen and oxygen atoms in total. The lowest BCUT2D eigenvalue weighted by Gasteiger charge is -2.51. The summed E-state index contributed by atoms with van der Waals surface area (Å²) in [5, 5.41) is 16.6. The molecule has 0 unspecified atom stereocenters. The van der Waals surface area contributed by atoms with E-state index in [1.54, 1.807) is 0 Å². The number of amides is 1. The molecule has 8 heteroatoms. The maximum absolute atomic E-state index is 12.8. The van der Waals surface area contributed by atoms with Crippen molar-refractivity contribution in [2.75, 3.05) is 5.32 Å². The molecule has 0 spiro atoms. The second-order valence-electron chi connectivity index (χ2n) is 7.52. The molecule has 1 amide bonds. The highest BCUT2D eigenvalue weighted by atomic mass is 32.2. The molecule has 0 aromatic carbocycles. The third-order valence-electron chi connectivity index (χ3n) is 4.81. The molecule has 2 fully saturated rings. The molecule has 0 radical (unpaired) electrons. The molecule has 3 heterocycles. The van der Waals surface area contributed by atoms with Gasteiger partial charge in [0.15, 0.2) is 5.76 Å². The van der Waals surface area contributed by atoms with Gasteiger partial charge in [0.05, 0.1) is 0 Å². The zero-order chi connectivity index (χ0) is 18.0. The van der Waals surface area contributed by atoms with E-state index in [0.717, 1.165) is 5.69 Å². The minimum Gasteiger partial charge on any atom is -0.480 e. The zero-order valence-corrected chi connectivity index (χ0v) is 15.5. The molecule has 0 bridgehead atoms. The highest BCUT2D eigenvalue weighted by Crippen LogP contribution is 2.55. The average molecular weight is 353 g/mol. The number of nitrogens with zero attached hydrogens (tertiary/aromatic N) is 2. The molecular formula is C16H23N3O4S. The Morgan fingerprint density at radius 1 is 1.42 bits per heavy atom. The normalized spacial score (nSPS) is 31.1. The zero-order valence-electron chi connectivity index (χ0n) is 14.7. The summed E-state index contributed by atoms with van der Waals surface area (Å²) < 4.78 is 4.83. The lowest BCUT2D eigenvalue weighted by molar-refractivity contribution is -0.163. The van der Waals surface area contributed by atoms with Gasteiger partial charge in [0.2, 0.25) is 0 Å². The number of aryl methyl sites for hydroxylation is 1. The average Bonchev–Trinajstić information content (AvgIpc) is 2.95. The minimum absolute atomic E-state index is 0.128. The number of fused-ring (bicyclic) bond motifs is 1. The van der Waals surface area contributed by atoms with Crippen LogP contribution in [0.5, 0.6) is 0 Å². The molecule has 3 rings (SSSR count). The van der Waals surface area contributed by atoms with Crippen LogP contribution in [0.3, 0.4) is 0 Å². The van der Waals surface area contributed by atoms with Crippen LogP contribution in [0.15, 0.2) is 4.52 Å². The Hall–Kier alpha value is -1.70. The Morgan fingerprint density at radius 2 is 2.04 bits per heavy atom. The third-order valence-corrected chi connectivity index (χ3v) is 6.56. The van der Waals surface area contributed by atoms with Crippen molar-refractivity contribution in [3.8, 4) is 0 Å². The number of carbonyl (C=O) groups excluding carboxylic acids is 1. The van der Waals surface area contributed by atoms with Crippen molar-refractivity contribution in [3.05, 3.63) is 11.5 Å². The highest BCUT2D eigenvalue weighted by molar-refractivity contribution is 8.01. The number of rotatable bonds is 4. The van der Waals surface area contributed by atoms with Gasteiger partial charge in [-0.25, -0.2) is 4.79 Å². The lowest BCUT2D eigenvalue weighted by Crippen LogP contribution is -2.75. The first-order chi connectivity index (χ1) is 11.0. The predicted octanol–water partition coefficient (Wildman–Crippen LogP) is 2.42. The quantitative estimate of drug-likeness (QED) is 0.803. The largest absolute Gasteiger partial charge is 0.480 e. The van der Waals surface area contributed by atoms with Crippen LogP contribution in [0.1, 0.15) is 52.0 Å². The number of thioether (sulfide) groups is 1. The number of β-lactam (4-membered cyclic amide) rings is 1. The van der Waals surface area contributed by atoms with Crippen molar-refractivity contribution in [2.45, 2.75) is 69.2 Å². The van der Waals surface area contributed by atoms with Gasteiger partial charge in [-0.1, -0.05) is 19.0 Å². The fourth-order valence-electron chi connectivity index (χ4n) is 3.53. The lowest BCUT2D eigenvalue weighted by atomic mass is 9.85. The van der Waals surface area contributed by atoms with Gasteiger partial charge in [0.25, 0.3) is 5.91 Å². The Morgan fingerprint density at radius 3 is 2.58 bits per heavy atom. The fourth-order valence-corrected chi connectivity index (χ4v) is 5.18. The summed E-state index contributed by atoms with van der Waals surface area (Å²) >= 11 is 1.52. The van der Waals surface area contributed by atoms with E-state index in [4.69, 9.17) is 4.52 Å². The van der Waals surface area contributed by atoms with Crippen molar-refractivity contribution in [2.24, 2.45) is 0 Å². The first kappa shape index (κ1) is 17.1. The van der Waals surface area contributed by atoms with Gasteiger partial charge < -0.3 is 19.8 Å². The van der Waals surface area contributed by atoms with E-state index in [1.165, 1.54) is 16.7 Å². The van der Waals surface area contributed by atoms with Gasteiger partial charge in [-0.05, 0) is 27.7 Å². The third kappa shape index (κ3) is 2.15. The molecule has 1 aromatic heterocycles. The van der Waals surface area contributed by atoms with Crippen molar-refractivity contribution in [1.29, 1.82) is 0 Å². The first-order valence-electron chi connectivity index (χ1n) is 7.98. The Balaban J connectivity index is 1.93. The van der Waals surface area contributed by atoms with E-state index in [0.29, 0.717) is 11.5 Å². The molecule has 132 valence electrons. The predicted molar refractivity (Wildman–Crippen MR) is 91.1 cm³/mol. The van der Waals surface area contributed by atoms with E-state index < -0.39 is 22.3 Å². The van der Waals surface area contributed by atoms with Gasteiger partial charge >= 0.3 is 5.97 Å². The molecule has 2 saturated heterocycles. The number of carbonyl (C=O) groups is 2. The van der Waals surface area contributed by atoms with Crippen LogP contribution in [0, 0.1) is 6.92 Å². The van der Waals surface area contributed by atoms with E-state index in [1.807, 2.05) is 41.5 Å². The Labute approximate surface area is 145 Å². The van der Waals surface area contributed by atoms with Crippen molar-refractivity contribution < 1.29 is 19.2 Å². The van der Waals surface area contributed by atoms with Gasteiger partial charge in [0.1, 0.15) is 28.3 Å². The number of aromatic nitrogens is 1. The standard InChI is InChI=1S/C16H23N3O4S/c1-7(2)10-9(8(3)18-23-10)17-16(6)13(22)19-11(12(20)21)15(4,5)24-14(16)19/h7,11,14,17H,1-6H3,(H,20,21)/t11-,14+,16-/m0/s1. The molecule has 24 heavy (non-hydrogen) atoms. The summed E-state index contributed by atoms with van der Waals surface area (Å²) in [5.41, 5.74) is 0.562. The van der Waals surface area contributed by atoms with E-state index >= 15 is 0 Å². The summed E-state index contributed by atoms with van der Waals surface area (Å²) in [5.74, 6) is -0.331. The second kappa shape index (κ2) is 5.15. The maximum Gasteiger partial charge on any atom is 0.327 e. The summed E-state index contributed by atoms with van der Waals surface area (Å²) in [7, 11) is 0. The van der Waals surface area contributed by atoms with Gasteiger partial charge in [-0.2, -0.15) is 0 Å². The van der Waals surface area contributed by atoms with Crippen LogP contribution in [0.4, 0.5) is 5.69 Å². The summed E-state index contributed by atoms with van der Waals surface area (Å²) in [6.07, 6.45) is 0. The molecule has 1 aromatic rings. The number of anilines is 1. The van der Waals surface area contributed by atoms with Crippen molar-refractivity contribution in [1.82, 2.24) is 10.1 Å². The van der Waals surface area contributed by atoms with Crippen LogP contribution in [0.2, 0.25) is 0 Å². The first-order valence-corrected chi connectivity index (χ1v) is 8.86. The molecule has 2 N–H and O–H groups in total. The highest BCUT2D eigenvalue weighted by Gasteiger charge is 2.69. The molecule has 3 atom stereocenters. The van der Waals surface area contributed by atoms with E-state index in [9.17, 15) is 14.7 Å². The number of carboxylic acid groups (broad SMARTS) is 1. The molecule has 0 aliphatic carbocycles. The number of carboxylic acids is 1. The van der Waals surface area contributed by atoms with Gasteiger partial charge in [0, 0.05) is 10.7 Å². The van der Waals surface area contributed by atoms with Gasteiger partial charge in [-0.15, -0.1) is 11.8 Å². The summed E-state index contributed by atoms with van der Waals surface area (Å²) in [6.45, 7) is 11.4.